The van der Waals surface area contributed by atoms with Gasteiger partial charge in [0.15, 0.2) is 0 Å². The molecule has 1 aromatic heterocycles. The number of fused-ring (bicyclic) bond motifs is 1. The molecule has 2 aromatic rings. The van der Waals surface area contributed by atoms with Crippen LogP contribution in [0.5, 0.6) is 0 Å². The Bertz CT molecular complexity index is 1060. The summed E-state index contributed by atoms with van der Waals surface area (Å²) in [5.41, 5.74) is 3.93. The third-order valence-corrected chi connectivity index (χ3v) is 9.74. The second-order valence-electron chi connectivity index (χ2n) is 11.0. The molecular formula is C30H41N3O2S. The van der Waals surface area contributed by atoms with Crippen LogP contribution in [0.4, 0.5) is 0 Å². The quantitative estimate of drug-likeness (QED) is 0.524. The Morgan fingerprint density at radius 2 is 1.69 bits per heavy atom. The summed E-state index contributed by atoms with van der Waals surface area (Å²) in [7, 11) is 0. The van der Waals surface area contributed by atoms with Gasteiger partial charge in [-0.05, 0) is 67.2 Å². The van der Waals surface area contributed by atoms with Crippen molar-refractivity contribution in [2.75, 3.05) is 32.7 Å². The summed E-state index contributed by atoms with van der Waals surface area (Å²) in [6.07, 6.45) is 8.81. The number of hydrogen-bond acceptors (Lipinski definition) is 4. The SMILES string of the molecule is Cc1ccccc1[C@H]1c2ccsc2CCN1[C@@H](C)C(=O)N1CCCN(C(=O)CCC2CCCC2)CC1. The topological polar surface area (TPSA) is 43.9 Å². The van der Waals surface area contributed by atoms with Crippen LogP contribution in [0.15, 0.2) is 35.7 Å². The van der Waals surface area contributed by atoms with Crippen molar-refractivity contribution < 1.29 is 9.59 Å². The number of thiophene rings is 1. The summed E-state index contributed by atoms with van der Waals surface area (Å²) in [6, 6.07) is 10.8. The molecule has 1 aromatic carbocycles. The normalized spacial score (nSPS) is 22.3. The minimum Gasteiger partial charge on any atom is -0.341 e. The van der Waals surface area contributed by atoms with Crippen molar-refractivity contribution in [3.63, 3.8) is 0 Å². The van der Waals surface area contributed by atoms with E-state index in [0.29, 0.717) is 19.5 Å². The zero-order valence-corrected chi connectivity index (χ0v) is 22.8. The fourth-order valence-electron chi connectivity index (χ4n) is 6.57. The molecule has 0 N–H and O–H groups in total. The highest BCUT2D eigenvalue weighted by Gasteiger charge is 2.37. The van der Waals surface area contributed by atoms with E-state index in [1.54, 1.807) is 0 Å². The minimum absolute atomic E-state index is 0.112. The van der Waals surface area contributed by atoms with Crippen molar-refractivity contribution in [3.05, 3.63) is 57.3 Å². The lowest BCUT2D eigenvalue weighted by atomic mass is 9.89. The van der Waals surface area contributed by atoms with Gasteiger partial charge >= 0.3 is 0 Å². The maximum Gasteiger partial charge on any atom is 0.239 e. The Hall–Kier alpha value is -2.18. The van der Waals surface area contributed by atoms with Gasteiger partial charge in [-0.2, -0.15) is 0 Å². The molecular weight excluding hydrogens is 466 g/mol. The van der Waals surface area contributed by atoms with Crippen molar-refractivity contribution in [1.29, 1.82) is 0 Å². The lowest BCUT2D eigenvalue weighted by Crippen LogP contribution is -2.51. The summed E-state index contributed by atoms with van der Waals surface area (Å²) in [4.78, 5) is 34.6. The van der Waals surface area contributed by atoms with E-state index in [9.17, 15) is 9.59 Å². The highest BCUT2D eigenvalue weighted by Crippen LogP contribution is 2.40. The Labute approximate surface area is 220 Å². The second-order valence-corrected chi connectivity index (χ2v) is 12.0. The van der Waals surface area contributed by atoms with Crippen molar-refractivity contribution >= 4 is 23.2 Å². The van der Waals surface area contributed by atoms with Gasteiger partial charge in [-0.3, -0.25) is 14.5 Å². The smallest absolute Gasteiger partial charge is 0.239 e. The zero-order valence-electron chi connectivity index (χ0n) is 22.0. The van der Waals surface area contributed by atoms with E-state index in [1.807, 2.05) is 21.1 Å². The van der Waals surface area contributed by atoms with Crippen LogP contribution < -0.4 is 0 Å². The van der Waals surface area contributed by atoms with E-state index in [4.69, 9.17) is 0 Å². The molecule has 2 fully saturated rings. The van der Waals surface area contributed by atoms with Gasteiger partial charge in [-0.25, -0.2) is 0 Å². The molecule has 1 saturated heterocycles. The molecule has 194 valence electrons. The predicted octanol–water partition coefficient (Wildman–Crippen LogP) is 5.42. The molecule has 36 heavy (non-hydrogen) atoms. The van der Waals surface area contributed by atoms with Crippen LogP contribution in [0, 0.1) is 12.8 Å². The van der Waals surface area contributed by atoms with Gasteiger partial charge in [0.25, 0.3) is 0 Å². The number of nitrogens with zero attached hydrogens (tertiary/aromatic N) is 3. The minimum atomic E-state index is -0.202. The maximum absolute atomic E-state index is 13.8. The van der Waals surface area contributed by atoms with Crippen molar-refractivity contribution in [2.24, 2.45) is 5.92 Å². The van der Waals surface area contributed by atoms with Crippen LogP contribution in [0.25, 0.3) is 0 Å². The molecule has 0 unspecified atom stereocenters. The third kappa shape index (κ3) is 5.40. The molecule has 1 aliphatic carbocycles. The van der Waals surface area contributed by atoms with Crippen molar-refractivity contribution in [1.82, 2.24) is 14.7 Å². The van der Waals surface area contributed by atoms with Gasteiger partial charge in [0.05, 0.1) is 12.1 Å². The molecule has 2 atom stereocenters. The van der Waals surface area contributed by atoms with E-state index in [-0.39, 0.29) is 23.9 Å². The van der Waals surface area contributed by atoms with Gasteiger partial charge in [-0.1, -0.05) is 49.9 Å². The molecule has 3 aliphatic rings. The fourth-order valence-corrected chi connectivity index (χ4v) is 7.47. The fraction of sp³-hybridized carbons (Fsp3) is 0.600. The first kappa shape index (κ1) is 25.5. The molecule has 0 radical (unpaired) electrons. The van der Waals surface area contributed by atoms with Crippen LogP contribution >= 0.6 is 11.3 Å². The van der Waals surface area contributed by atoms with E-state index in [2.05, 4.69) is 54.5 Å². The van der Waals surface area contributed by atoms with Gasteiger partial charge < -0.3 is 9.80 Å². The van der Waals surface area contributed by atoms with E-state index in [1.165, 1.54) is 47.3 Å². The standard InChI is InChI=1S/C30H41N3O2S/c1-22-8-3-6-11-25(22)29-26-15-21-36-27(26)14-18-33(29)23(2)30(35)32-17-7-16-31(19-20-32)28(34)13-12-24-9-4-5-10-24/h3,6,8,11,15,21,23-24,29H,4-5,7,9-10,12-14,16-20H2,1-2H3/t23-,29-/m0/s1. The third-order valence-electron chi connectivity index (χ3n) is 8.74. The largest absolute Gasteiger partial charge is 0.341 e. The van der Waals surface area contributed by atoms with E-state index >= 15 is 0 Å². The number of carbonyl (C=O) groups excluding carboxylic acids is 2. The predicted molar refractivity (Wildman–Crippen MR) is 146 cm³/mol. The number of benzene rings is 1. The Kier molecular flexibility index (Phi) is 8.12. The van der Waals surface area contributed by atoms with Crippen LogP contribution in [0.1, 0.15) is 79.5 Å². The van der Waals surface area contributed by atoms with Gasteiger partial charge in [-0.15, -0.1) is 11.3 Å². The van der Waals surface area contributed by atoms with Crippen LogP contribution in [-0.4, -0.2) is 65.3 Å². The lowest BCUT2D eigenvalue weighted by Gasteiger charge is -2.41. The van der Waals surface area contributed by atoms with E-state index < -0.39 is 0 Å². The first-order valence-corrected chi connectivity index (χ1v) is 14.8. The Morgan fingerprint density at radius 3 is 2.50 bits per heavy atom. The summed E-state index contributed by atoms with van der Waals surface area (Å²) in [6.45, 7) is 7.97. The summed E-state index contributed by atoms with van der Waals surface area (Å²) < 4.78 is 0. The van der Waals surface area contributed by atoms with Crippen LogP contribution in [0.3, 0.4) is 0 Å². The Balaban J connectivity index is 1.25. The van der Waals surface area contributed by atoms with Crippen molar-refractivity contribution in [2.45, 2.75) is 77.3 Å². The maximum atomic E-state index is 13.8. The lowest BCUT2D eigenvalue weighted by molar-refractivity contribution is -0.138. The highest BCUT2D eigenvalue weighted by molar-refractivity contribution is 7.10. The zero-order chi connectivity index (χ0) is 25.1. The average Bonchev–Trinajstić information content (AvgIpc) is 3.53. The molecule has 5 rings (SSSR count). The Morgan fingerprint density at radius 1 is 0.944 bits per heavy atom. The molecule has 6 heteroatoms. The molecule has 3 heterocycles. The van der Waals surface area contributed by atoms with Crippen LogP contribution in [-0.2, 0) is 16.0 Å². The summed E-state index contributed by atoms with van der Waals surface area (Å²) in [5.74, 6) is 1.23. The number of amides is 2. The number of rotatable bonds is 6. The molecule has 1 saturated carbocycles. The number of aryl methyl sites for hydroxylation is 1. The van der Waals surface area contributed by atoms with Crippen molar-refractivity contribution in [3.8, 4) is 0 Å². The molecule has 0 spiro atoms. The first-order valence-electron chi connectivity index (χ1n) is 14.0. The number of carbonyl (C=O) groups is 2. The van der Waals surface area contributed by atoms with Gasteiger partial charge in [0.1, 0.15) is 0 Å². The summed E-state index contributed by atoms with van der Waals surface area (Å²) >= 11 is 1.84. The molecule has 2 aliphatic heterocycles. The van der Waals surface area contributed by atoms with E-state index in [0.717, 1.165) is 44.8 Å². The first-order chi connectivity index (χ1) is 17.5. The molecule has 0 bridgehead atoms. The average molecular weight is 508 g/mol. The van der Waals surface area contributed by atoms with Gasteiger partial charge in [0, 0.05) is 44.0 Å². The second kappa shape index (κ2) is 11.5. The molecule has 2 amide bonds. The number of hydrogen-bond donors (Lipinski definition) is 0. The molecule has 5 nitrogen and oxygen atoms in total. The highest BCUT2D eigenvalue weighted by atomic mass is 32.1. The summed E-state index contributed by atoms with van der Waals surface area (Å²) in [5, 5.41) is 2.19. The monoisotopic (exact) mass is 507 g/mol. The van der Waals surface area contributed by atoms with Crippen LogP contribution in [0.2, 0.25) is 0 Å². The van der Waals surface area contributed by atoms with Gasteiger partial charge in [0.2, 0.25) is 11.8 Å².